The first-order valence-electron chi connectivity index (χ1n) is 12.6. The molecule has 0 atom stereocenters. The van der Waals surface area contributed by atoms with Gasteiger partial charge in [0, 0.05) is 6.54 Å². The van der Waals surface area contributed by atoms with Crippen molar-refractivity contribution < 1.29 is 18.7 Å². The van der Waals surface area contributed by atoms with Gasteiger partial charge in [-0.2, -0.15) is 0 Å². The van der Waals surface area contributed by atoms with Gasteiger partial charge >= 0.3 is 11.7 Å². The summed E-state index contributed by atoms with van der Waals surface area (Å²) in [7, 11) is 1.58. The highest BCUT2D eigenvalue weighted by atomic mass is 32.1. The zero-order chi connectivity index (χ0) is 28.5. The van der Waals surface area contributed by atoms with E-state index in [0.29, 0.717) is 22.0 Å². The Labute approximate surface area is 225 Å². The number of para-hydroxylation sites is 1. The Kier molecular flexibility index (Phi) is 11.0. The molecule has 0 aliphatic rings. The fourth-order valence-electron chi connectivity index (χ4n) is 3.48. The van der Waals surface area contributed by atoms with E-state index in [9.17, 15) is 14.4 Å². The van der Waals surface area contributed by atoms with Gasteiger partial charge < -0.3 is 13.9 Å². The van der Waals surface area contributed by atoms with Gasteiger partial charge in [0.25, 0.3) is 11.4 Å². The van der Waals surface area contributed by atoms with Gasteiger partial charge in [0.2, 0.25) is 0 Å². The molecule has 0 bridgehead atoms. The lowest BCUT2D eigenvalue weighted by molar-refractivity contribution is -0.155. The molecule has 3 aromatic heterocycles. The number of ether oxygens (including phenoxy) is 2. The molecule has 11 heteroatoms. The third-order valence-corrected chi connectivity index (χ3v) is 5.95. The van der Waals surface area contributed by atoms with E-state index in [1.807, 2.05) is 52.0 Å². The maximum atomic E-state index is 13.4. The molecule has 0 unspecified atom stereocenters. The Morgan fingerprint density at radius 3 is 2.37 bits per heavy atom. The number of esters is 1. The zero-order valence-electron chi connectivity index (χ0n) is 23.2. The molecule has 0 aliphatic carbocycles. The van der Waals surface area contributed by atoms with Crippen LogP contribution in [0.5, 0.6) is 5.75 Å². The van der Waals surface area contributed by atoms with E-state index in [1.165, 1.54) is 17.0 Å². The Morgan fingerprint density at radius 1 is 1.08 bits per heavy atom. The molecule has 206 valence electrons. The average Bonchev–Trinajstić information content (AvgIpc) is 3.59. The largest absolute Gasteiger partial charge is 0.496 e. The number of rotatable bonds is 7. The SMILES string of the molecule is CC.CC.COc1ccccc1CCn1c(=O)n(CC(=O)OC(C)(C)C)c(=O)c2nc(-c3ncco3)sc21. The first-order valence-corrected chi connectivity index (χ1v) is 13.4. The topological polar surface area (TPSA) is 118 Å². The van der Waals surface area contributed by atoms with Crippen molar-refractivity contribution in [3.05, 3.63) is 63.1 Å². The molecule has 0 fully saturated rings. The number of nitrogens with zero attached hydrogens (tertiary/aromatic N) is 4. The maximum absolute atomic E-state index is 13.4. The molecule has 0 amide bonds. The summed E-state index contributed by atoms with van der Waals surface area (Å²) in [6.45, 7) is 12.9. The van der Waals surface area contributed by atoms with Crippen LogP contribution in [0.15, 0.2) is 50.7 Å². The molecule has 0 aliphatic heterocycles. The number of aryl methyl sites for hydroxylation is 2. The fourth-order valence-corrected chi connectivity index (χ4v) is 4.50. The van der Waals surface area contributed by atoms with E-state index in [2.05, 4.69) is 9.97 Å². The first-order chi connectivity index (χ1) is 18.2. The molecule has 10 nitrogen and oxygen atoms in total. The van der Waals surface area contributed by atoms with Crippen LogP contribution in [-0.4, -0.2) is 37.8 Å². The lowest BCUT2D eigenvalue weighted by Crippen LogP contribution is -2.42. The third-order valence-electron chi connectivity index (χ3n) is 4.88. The normalized spacial score (nSPS) is 10.7. The van der Waals surface area contributed by atoms with Crippen LogP contribution in [0.1, 0.15) is 54.0 Å². The predicted molar refractivity (Wildman–Crippen MR) is 149 cm³/mol. The number of hydrogen-bond acceptors (Lipinski definition) is 9. The number of hydrogen-bond donors (Lipinski definition) is 0. The van der Waals surface area contributed by atoms with Crippen molar-refractivity contribution >= 4 is 27.7 Å². The van der Waals surface area contributed by atoms with Crippen molar-refractivity contribution in [1.29, 1.82) is 0 Å². The van der Waals surface area contributed by atoms with Gasteiger partial charge in [-0.15, -0.1) is 0 Å². The number of fused-ring (bicyclic) bond motifs is 1. The second-order valence-electron chi connectivity index (χ2n) is 8.48. The monoisotopic (exact) mass is 544 g/mol. The second kappa shape index (κ2) is 13.7. The van der Waals surface area contributed by atoms with Crippen molar-refractivity contribution in [2.45, 2.75) is 73.6 Å². The molecule has 3 heterocycles. The van der Waals surface area contributed by atoms with Gasteiger partial charge in [-0.1, -0.05) is 57.2 Å². The van der Waals surface area contributed by atoms with Gasteiger partial charge in [0.1, 0.15) is 29.0 Å². The molecule has 0 saturated heterocycles. The van der Waals surface area contributed by atoms with E-state index in [0.717, 1.165) is 21.5 Å². The Balaban J connectivity index is 0.00000121. The Bertz CT molecular complexity index is 1450. The van der Waals surface area contributed by atoms with Crippen molar-refractivity contribution in [2.24, 2.45) is 0 Å². The summed E-state index contributed by atoms with van der Waals surface area (Å²) in [4.78, 5) is 47.9. The van der Waals surface area contributed by atoms with Crippen LogP contribution in [-0.2, 0) is 29.0 Å². The number of methoxy groups -OCH3 is 1. The zero-order valence-corrected chi connectivity index (χ0v) is 24.0. The molecular weight excluding hydrogens is 508 g/mol. The fraction of sp³-hybridized carbons (Fsp3) is 0.444. The van der Waals surface area contributed by atoms with Crippen LogP contribution in [0.3, 0.4) is 0 Å². The predicted octanol–water partition coefficient (Wildman–Crippen LogP) is 4.92. The van der Waals surface area contributed by atoms with Gasteiger partial charge in [0.15, 0.2) is 10.5 Å². The quantitative estimate of drug-likeness (QED) is 0.301. The summed E-state index contributed by atoms with van der Waals surface area (Å²) in [5.74, 6) is 0.243. The Hall–Kier alpha value is -3.73. The van der Waals surface area contributed by atoms with Gasteiger partial charge in [-0.3, -0.25) is 14.2 Å². The van der Waals surface area contributed by atoms with Crippen LogP contribution in [0, 0.1) is 0 Å². The molecule has 0 radical (unpaired) electrons. The minimum absolute atomic E-state index is 0.0568. The van der Waals surface area contributed by atoms with Crippen molar-refractivity contribution in [3.63, 3.8) is 0 Å². The summed E-state index contributed by atoms with van der Waals surface area (Å²) in [6.07, 6.45) is 3.32. The summed E-state index contributed by atoms with van der Waals surface area (Å²) >= 11 is 1.13. The first kappa shape index (κ1) is 30.5. The van der Waals surface area contributed by atoms with Crippen LogP contribution in [0.25, 0.3) is 21.2 Å². The van der Waals surface area contributed by atoms with Crippen LogP contribution >= 0.6 is 11.3 Å². The van der Waals surface area contributed by atoms with Crippen molar-refractivity contribution in [2.75, 3.05) is 7.11 Å². The lowest BCUT2D eigenvalue weighted by atomic mass is 10.1. The van der Waals surface area contributed by atoms with E-state index in [4.69, 9.17) is 13.9 Å². The number of oxazole rings is 1. The van der Waals surface area contributed by atoms with E-state index < -0.39 is 29.4 Å². The lowest BCUT2D eigenvalue weighted by Gasteiger charge is -2.20. The Morgan fingerprint density at radius 2 is 1.76 bits per heavy atom. The molecule has 0 N–H and O–H groups in total. The molecule has 0 spiro atoms. The van der Waals surface area contributed by atoms with Crippen molar-refractivity contribution in [1.82, 2.24) is 19.1 Å². The number of aromatic nitrogens is 4. The van der Waals surface area contributed by atoms with Crippen LogP contribution in [0.4, 0.5) is 0 Å². The van der Waals surface area contributed by atoms with Crippen LogP contribution < -0.4 is 16.0 Å². The highest BCUT2D eigenvalue weighted by molar-refractivity contribution is 7.21. The second-order valence-corrected chi connectivity index (χ2v) is 9.46. The highest BCUT2D eigenvalue weighted by Gasteiger charge is 2.23. The molecule has 4 aromatic rings. The standard InChI is InChI=1S/C23H24N4O6S.2C2H6/c1-23(2,3)33-16(28)13-27-20(29)17-21(34-19(25-17)18-24-10-12-32-18)26(22(27)30)11-9-14-7-5-6-8-15(14)31-4;2*1-2/h5-8,10,12H,9,11,13H2,1-4H3;2*1-2H3. The third kappa shape index (κ3) is 7.18. The molecule has 0 saturated carbocycles. The summed E-state index contributed by atoms with van der Waals surface area (Å²) in [5.41, 5.74) is -1.10. The number of carbonyl (C=O) groups excluding carboxylic acids is 1. The van der Waals surface area contributed by atoms with Gasteiger partial charge in [0.05, 0.1) is 13.3 Å². The van der Waals surface area contributed by atoms with E-state index >= 15 is 0 Å². The molecular formula is C27H36N4O6S. The number of carbonyl (C=O) groups is 1. The summed E-state index contributed by atoms with van der Waals surface area (Å²) < 4.78 is 18.4. The number of benzene rings is 1. The minimum Gasteiger partial charge on any atom is -0.496 e. The maximum Gasteiger partial charge on any atom is 0.332 e. The molecule has 38 heavy (non-hydrogen) atoms. The van der Waals surface area contributed by atoms with Crippen LogP contribution in [0.2, 0.25) is 0 Å². The minimum atomic E-state index is -0.758. The van der Waals surface area contributed by atoms with Gasteiger partial charge in [-0.05, 0) is 38.8 Å². The average molecular weight is 545 g/mol. The smallest absolute Gasteiger partial charge is 0.332 e. The van der Waals surface area contributed by atoms with Gasteiger partial charge in [-0.25, -0.2) is 19.3 Å². The number of thiazole rings is 1. The summed E-state index contributed by atoms with van der Waals surface area (Å²) in [5, 5.41) is 0.359. The summed E-state index contributed by atoms with van der Waals surface area (Å²) in [6, 6.07) is 7.49. The van der Waals surface area contributed by atoms with Crippen molar-refractivity contribution in [3.8, 4) is 16.6 Å². The van der Waals surface area contributed by atoms with E-state index in [-0.39, 0.29) is 18.0 Å². The molecule has 1 aromatic carbocycles. The highest BCUT2D eigenvalue weighted by Crippen LogP contribution is 2.27. The molecule has 4 rings (SSSR count). The van der Waals surface area contributed by atoms with E-state index in [1.54, 1.807) is 27.9 Å².